The van der Waals surface area contributed by atoms with E-state index in [2.05, 4.69) is 15.8 Å². The summed E-state index contributed by atoms with van der Waals surface area (Å²) < 4.78 is 5.70. The van der Waals surface area contributed by atoms with E-state index in [0.29, 0.717) is 38.7 Å². The Labute approximate surface area is 193 Å². The van der Waals surface area contributed by atoms with Gasteiger partial charge < -0.3 is 10.1 Å². The molecule has 158 valence electrons. The number of amides is 2. The number of halogens is 3. The van der Waals surface area contributed by atoms with Crippen molar-refractivity contribution in [2.45, 2.75) is 6.61 Å². The van der Waals surface area contributed by atoms with Crippen molar-refractivity contribution in [1.82, 2.24) is 5.43 Å². The van der Waals surface area contributed by atoms with Gasteiger partial charge in [-0.15, -0.1) is 0 Å². The van der Waals surface area contributed by atoms with Gasteiger partial charge in [-0.25, -0.2) is 5.43 Å². The molecule has 3 aromatic carbocycles. The van der Waals surface area contributed by atoms with Crippen molar-refractivity contribution in [3.05, 3.63) is 92.9 Å². The zero-order valence-electron chi connectivity index (χ0n) is 15.9. The maximum Gasteiger partial charge on any atom is 0.329 e. The Morgan fingerprint density at radius 2 is 1.58 bits per heavy atom. The summed E-state index contributed by atoms with van der Waals surface area (Å²) in [6.07, 6.45) is 1.40. The largest absolute Gasteiger partial charge is 0.489 e. The van der Waals surface area contributed by atoms with E-state index in [1.165, 1.54) is 24.4 Å². The average molecular weight is 477 g/mol. The Bertz CT molecular complexity index is 1100. The molecule has 3 rings (SSSR count). The van der Waals surface area contributed by atoms with E-state index >= 15 is 0 Å². The molecule has 0 saturated carbocycles. The molecule has 0 heterocycles. The molecule has 0 radical (unpaired) electrons. The van der Waals surface area contributed by atoms with Gasteiger partial charge in [0.15, 0.2) is 0 Å². The van der Waals surface area contributed by atoms with Crippen molar-refractivity contribution < 1.29 is 14.3 Å². The summed E-state index contributed by atoms with van der Waals surface area (Å²) in [7, 11) is 0. The van der Waals surface area contributed by atoms with Gasteiger partial charge in [0, 0.05) is 26.3 Å². The van der Waals surface area contributed by atoms with Crippen molar-refractivity contribution in [1.29, 1.82) is 0 Å². The molecule has 9 heteroatoms. The van der Waals surface area contributed by atoms with Crippen LogP contribution >= 0.6 is 34.8 Å². The van der Waals surface area contributed by atoms with Gasteiger partial charge in [0.1, 0.15) is 12.4 Å². The lowest BCUT2D eigenvalue weighted by molar-refractivity contribution is -0.136. The molecule has 0 aliphatic heterocycles. The molecule has 2 N–H and O–H groups in total. The third-order valence-corrected chi connectivity index (χ3v) is 4.74. The van der Waals surface area contributed by atoms with E-state index in [9.17, 15) is 9.59 Å². The van der Waals surface area contributed by atoms with Crippen LogP contribution in [0.25, 0.3) is 0 Å². The van der Waals surface area contributed by atoms with Gasteiger partial charge in [-0.3, -0.25) is 9.59 Å². The summed E-state index contributed by atoms with van der Waals surface area (Å²) in [5.41, 5.74) is 4.04. The highest BCUT2D eigenvalue weighted by Gasteiger charge is 2.13. The van der Waals surface area contributed by atoms with E-state index < -0.39 is 11.8 Å². The normalized spacial score (nSPS) is 10.7. The van der Waals surface area contributed by atoms with Gasteiger partial charge in [0.05, 0.1) is 6.21 Å². The van der Waals surface area contributed by atoms with E-state index in [4.69, 9.17) is 39.5 Å². The topological polar surface area (TPSA) is 79.8 Å². The number of carbonyl (C=O) groups excluding carboxylic acids is 2. The third-order valence-electron chi connectivity index (χ3n) is 3.94. The van der Waals surface area contributed by atoms with Crippen molar-refractivity contribution in [3.8, 4) is 5.75 Å². The first kappa shape index (κ1) is 22.6. The summed E-state index contributed by atoms with van der Waals surface area (Å²) in [5.74, 6) is -1.19. The second kappa shape index (κ2) is 10.8. The van der Waals surface area contributed by atoms with Gasteiger partial charge in [-0.1, -0.05) is 53.0 Å². The van der Waals surface area contributed by atoms with Gasteiger partial charge in [-0.05, 0) is 54.1 Å². The highest BCUT2D eigenvalue weighted by atomic mass is 35.5. The molecule has 31 heavy (non-hydrogen) atoms. The molecule has 0 atom stereocenters. The quantitative estimate of drug-likeness (QED) is 0.287. The smallest absolute Gasteiger partial charge is 0.329 e. The highest BCUT2D eigenvalue weighted by Crippen LogP contribution is 2.22. The molecular weight excluding hydrogens is 461 g/mol. The molecule has 0 fully saturated rings. The number of hydrogen-bond acceptors (Lipinski definition) is 4. The van der Waals surface area contributed by atoms with Crippen LogP contribution in [0.3, 0.4) is 0 Å². The molecule has 0 aromatic heterocycles. The summed E-state index contributed by atoms with van der Waals surface area (Å²) in [6, 6.07) is 18.9. The summed E-state index contributed by atoms with van der Waals surface area (Å²) in [5, 5.41) is 7.48. The van der Waals surface area contributed by atoms with Crippen molar-refractivity contribution >= 4 is 58.5 Å². The predicted molar refractivity (Wildman–Crippen MR) is 123 cm³/mol. The first-order valence-corrected chi connectivity index (χ1v) is 10.1. The summed E-state index contributed by atoms with van der Waals surface area (Å²) in [4.78, 5) is 23.8. The zero-order chi connectivity index (χ0) is 22.2. The second-order valence-corrected chi connectivity index (χ2v) is 7.54. The van der Waals surface area contributed by atoms with Crippen LogP contribution in [0.4, 0.5) is 5.69 Å². The molecule has 0 unspecified atom stereocenters. The van der Waals surface area contributed by atoms with Crippen LogP contribution in [0.2, 0.25) is 15.1 Å². The van der Waals surface area contributed by atoms with E-state index in [0.717, 1.165) is 5.56 Å². The maximum atomic E-state index is 11.9. The fourth-order valence-electron chi connectivity index (χ4n) is 2.46. The molecule has 0 aliphatic carbocycles. The van der Waals surface area contributed by atoms with E-state index in [1.54, 1.807) is 30.3 Å². The molecule has 0 bridgehead atoms. The minimum Gasteiger partial charge on any atom is -0.489 e. The van der Waals surface area contributed by atoms with Gasteiger partial charge in [0.25, 0.3) is 0 Å². The minimum atomic E-state index is -0.938. The Kier molecular flexibility index (Phi) is 7.89. The van der Waals surface area contributed by atoms with Crippen LogP contribution in [-0.2, 0) is 16.2 Å². The highest BCUT2D eigenvalue weighted by molar-refractivity contribution is 6.40. The fourth-order valence-corrected chi connectivity index (χ4v) is 3.17. The number of ether oxygens (including phenoxy) is 1. The summed E-state index contributed by atoms with van der Waals surface area (Å²) >= 11 is 17.8. The Morgan fingerprint density at radius 1 is 0.903 bits per heavy atom. The maximum absolute atomic E-state index is 11.9. The van der Waals surface area contributed by atoms with Gasteiger partial charge >= 0.3 is 11.8 Å². The van der Waals surface area contributed by atoms with E-state index in [1.807, 2.05) is 18.2 Å². The van der Waals surface area contributed by atoms with Crippen LogP contribution in [0.5, 0.6) is 5.75 Å². The lowest BCUT2D eigenvalue weighted by atomic mass is 10.2. The first-order chi connectivity index (χ1) is 14.9. The summed E-state index contributed by atoms with van der Waals surface area (Å²) in [6.45, 7) is 0.343. The van der Waals surface area contributed by atoms with Crippen molar-refractivity contribution in [2.75, 3.05) is 5.32 Å². The number of benzene rings is 3. The predicted octanol–water partition coefficient (Wildman–Crippen LogP) is 5.31. The lowest BCUT2D eigenvalue weighted by Gasteiger charge is -2.07. The Balaban J connectivity index is 1.49. The molecule has 0 saturated heterocycles. The van der Waals surface area contributed by atoms with Gasteiger partial charge in [0.2, 0.25) is 0 Å². The molecular formula is C22H16Cl3N3O3. The van der Waals surface area contributed by atoms with Crippen molar-refractivity contribution in [2.24, 2.45) is 5.10 Å². The molecule has 0 spiro atoms. The number of nitrogens with zero attached hydrogens (tertiary/aromatic N) is 1. The SMILES string of the molecule is O=C(NN=Cc1ccc(OCc2ccccc2Cl)cc1)C(=O)Nc1cc(Cl)cc(Cl)c1. The van der Waals surface area contributed by atoms with Crippen LogP contribution in [0, 0.1) is 0 Å². The van der Waals surface area contributed by atoms with E-state index in [-0.39, 0.29) is 0 Å². The lowest BCUT2D eigenvalue weighted by Crippen LogP contribution is -2.32. The zero-order valence-corrected chi connectivity index (χ0v) is 18.2. The van der Waals surface area contributed by atoms with Crippen LogP contribution in [0.1, 0.15) is 11.1 Å². The van der Waals surface area contributed by atoms with Crippen LogP contribution < -0.4 is 15.5 Å². The Morgan fingerprint density at radius 3 is 2.26 bits per heavy atom. The molecule has 0 aliphatic rings. The third kappa shape index (κ3) is 7.00. The minimum absolute atomic E-state index is 0.300. The molecule has 6 nitrogen and oxygen atoms in total. The number of carbonyl (C=O) groups is 2. The van der Waals surface area contributed by atoms with Crippen LogP contribution in [0.15, 0.2) is 71.8 Å². The second-order valence-electron chi connectivity index (χ2n) is 6.26. The van der Waals surface area contributed by atoms with Crippen molar-refractivity contribution in [3.63, 3.8) is 0 Å². The number of nitrogens with one attached hydrogen (secondary N) is 2. The standard InChI is InChI=1S/C22H16Cl3N3O3/c23-16-9-17(24)11-18(10-16)27-21(29)22(30)28-26-12-14-5-7-19(8-6-14)31-13-15-3-1-2-4-20(15)25/h1-12H,13H2,(H,27,29)(H,28,30). The molecule has 3 aromatic rings. The average Bonchev–Trinajstić information content (AvgIpc) is 2.73. The Hall–Kier alpha value is -3.06. The van der Waals surface area contributed by atoms with Crippen LogP contribution in [-0.4, -0.2) is 18.0 Å². The monoisotopic (exact) mass is 475 g/mol. The number of rotatable bonds is 6. The number of hydrazone groups is 1. The number of hydrogen-bond donors (Lipinski definition) is 2. The number of anilines is 1. The van der Waals surface area contributed by atoms with Gasteiger partial charge in [-0.2, -0.15) is 5.10 Å². The molecule has 2 amide bonds. The fraction of sp³-hybridized carbons (Fsp3) is 0.0455. The first-order valence-electron chi connectivity index (χ1n) is 8.97.